The second kappa shape index (κ2) is 8.77. The lowest BCUT2D eigenvalue weighted by atomic mass is 10.1. The fraction of sp³-hybridized carbons (Fsp3) is 0.529. The van der Waals surface area contributed by atoms with Gasteiger partial charge in [-0.05, 0) is 57.9 Å². The molecule has 0 aliphatic rings. The van der Waals surface area contributed by atoms with Crippen LogP contribution in [-0.4, -0.2) is 30.5 Å². The number of halogens is 1. The summed E-state index contributed by atoms with van der Waals surface area (Å²) in [4.78, 5) is 23.2. The van der Waals surface area contributed by atoms with E-state index >= 15 is 0 Å². The van der Waals surface area contributed by atoms with Crippen LogP contribution in [0.1, 0.15) is 39.2 Å². The van der Waals surface area contributed by atoms with Crippen molar-refractivity contribution in [3.63, 3.8) is 0 Å². The molecule has 6 heteroatoms. The van der Waals surface area contributed by atoms with Crippen LogP contribution in [0.25, 0.3) is 0 Å². The van der Waals surface area contributed by atoms with E-state index in [1.165, 1.54) is 0 Å². The molecule has 0 fully saturated rings. The van der Waals surface area contributed by atoms with E-state index in [0.717, 1.165) is 11.3 Å². The predicted molar refractivity (Wildman–Crippen MR) is 91.8 cm³/mol. The third kappa shape index (κ3) is 8.45. The number of hydrogen-bond donors (Lipinski definition) is 2. The Bertz CT molecular complexity index is 553. The number of nitrogens with one attached hydrogen (secondary N) is 2. The Labute approximate surface area is 142 Å². The summed E-state index contributed by atoms with van der Waals surface area (Å²) in [6.45, 7) is 8.01. The molecule has 0 atom stereocenters. The van der Waals surface area contributed by atoms with Gasteiger partial charge in [0.05, 0.1) is 13.2 Å². The van der Waals surface area contributed by atoms with Crippen molar-refractivity contribution in [1.82, 2.24) is 10.6 Å². The van der Waals surface area contributed by atoms with E-state index in [9.17, 15) is 9.59 Å². The van der Waals surface area contributed by atoms with Gasteiger partial charge in [-0.2, -0.15) is 0 Å². The number of carbonyl (C=O) groups is 2. The van der Waals surface area contributed by atoms with Crippen LogP contribution in [0.3, 0.4) is 0 Å². The smallest absolute Gasteiger partial charge is 0.239 e. The molecule has 0 aliphatic heterocycles. The maximum Gasteiger partial charge on any atom is 0.239 e. The van der Waals surface area contributed by atoms with E-state index in [4.69, 9.17) is 16.3 Å². The number of hydrogen-bond acceptors (Lipinski definition) is 3. The van der Waals surface area contributed by atoms with Crippen LogP contribution in [0, 0.1) is 6.92 Å². The molecule has 128 valence electrons. The minimum atomic E-state index is -0.299. The van der Waals surface area contributed by atoms with E-state index in [-0.39, 0.29) is 23.9 Å². The molecule has 5 nitrogen and oxygen atoms in total. The van der Waals surface area contributed by atoms with Crippen LogP contribution in [-0.2, 0) is 9.59 Å². The zero-order chi connectivity index (χ0) is 17.5. The average molecular weight is 341 g/mol. The van der Waals surface area contributed by atoms with Gasteiger partial charge in [-0.3, -0.25) is 9.59 Å². The second-order valence-corrected chi connectivity index (χ2v) is 6.85. The fourth-order valence-electron chi connectivity index (χ4n) is 1.86. The quantitative estimate of drug-likeness (QED) is 0.750. The molecule has 0 radical (unpaired) electrons. The molecule has 0 saturated carbocycles. The summed E-state index contributed by atoms with van der Waals surface area (Å²) >= 11 is 5.94. The number of carbonyl (C=O) groups excluding carboxylic acids is 2. The molecule has 2 amide bonds. The van der Waals surface area contributed by atoms with Crippen LogP contribution in [0.5, 0.6) is 5.75 Å². The van der Waals surface area contributed by atoms with Crippen molar-refractivity contribution in [2.45, 2.75) is 46.1 Å². The van der Waals surface area contributed by atoms with E-state index < -0.39 is 0 Å². The summed E-state index contributed by atoms with van der Waals surface area (Å²) in [5.41, 5.74) is 0.651. The molecule has 0 aliphatic carbocycles. The Kier molecular flexibility index (Phi) is 7.36. The summed E-state index contributed by atoms with van der Waals surface area (Å²) in [5, 5.41) is 6.08. The van der Waals surface area contributed by atoms with E-state index in [0.29, 0.717) is 24.5 Å². The molecule has 0 aromatic heterocycles. The maximum absolute atomic E-state index is 11.7. The standard InChI is InChI=1S/C17H25ClN2O3/c1-12-10-13(7-8-14(12)18)23-9-5-6-15(21)19-11-16(22)20-17(2,3)4/h7-8,10H,5-6,9,11H2,1-4H3,(H,19,21)(H,20,22). The molecule has 1 aromatic rings. The van der Waals surface area contributed by atoms with Crippen LogP contribution >= 0.6 is 11.6 Å². The Balaban J connectivity index is 2.19. The normalized spacial score (nSPS) is 11.0. The minimum Gasteiger partial charge on any atom is -0.494 e. The third-order valence-electron chi connectivity index (χ3n) is 2.91. The molecular weight excluding hydrogens is 316 g/mol. The molecule has 0 unspecified atom stereocenters. The Morgan fingerprint density at radius 3 is 2.52 bits per heavy atom. The molecule has 0 spiro atoms. The van der Waals surface area contributed by atoms with Crippen LogP contribution in [0.4, 0.5) is 0 Å². The number of aryl methyl sites for hydroxylation is 1. The first-order valence-electron chi connectivity index (χ1n) is 7.64. The van der Waals surface area contributed by atoms with Crippen LogP contribution in [0.2, 0.25) is 5.02 Å². The van der Waals surface area contributed by atoms with Crippen molar-refractivity contribution >= 4 is 23.4 Å². The van der Waals surface area contributed by atoms with Gasteiger partial charge in [0, 0.05) is 17.0 Å². The zero-order valence-electron chi connectivity index (χ0n) is 14.2. The van der Waals surface area contributed by atoms with Gasteiger partial charge < -0.3 is 15.4 Å². The van der Waals surface area contributed by atoms with Crippen molar-refractivity contribution < 1.29 is 14.3 Å². The first kappa shape index (κ1) is 19.3. The highest BCUT2D eigenvalue weighted by Crippen LogP contribution is 2.21. The lowest BCUT2D eigenvalue weighted by molar-refractivity contribution is -0.126. The lowest BCUT2D eigenvalue weighted by Gasteiger charge is -2.20. The molecule has 1 rings (SSSR count). The Hall–Kier alpha value is -1.75. The summed E-state index contributed by atoms with van der Waals surface area (Å²) in [7, 11) is 0. The zero-order valence-corrected chi connectivity index (χ0v) is 14.9. The summed E-state index contributed by atoms with van der Waals surface area (Å²) in [6, 6.07) is 5.44. The molecule has 2 N–H and O–H groups in total. The van der Waals surface area contributed by atoms with Crippen molar-refractivity contribution in [3.05, 3.63) is 28.8 Å². The summed E-state index contributed by atoms with van der Waals surface area (Å²) < 4.78 is 5.57. The SMILES string of the molecule is Cc1cc(OCCCC(=O)NCC(=O)NC(C)(C)C)ccc1Cl. The van der Waals surface area contributed by atoms with E-state index in [1.54, 1.807) is 12.1 Å². The van der Waals surface area contributed by atoms with E-state index in [2.05, 4.69) is 10.6 Å². The first-order chi connectivity index (χ1) is 10.7. The van der Waals surface area contributed by atoms with Gasteiger partial charge in [0.1, 0.15) is 5.75 Å². The molecular formula is C17H25ClN2O3. The van der Waals surface area contributed by atoms with Gasteiger partial charge in [0.25, 0.3) is 0 Å². The molecule has 0 saturated heterocycles. The van der Waals surface area contributed by atoms with Gasteiger partial charge in [0.15, 0.2) is 0 Å². The highest BCUT2D eigenvalue weighted by atomic mass is 35.5. The van der Waals surface area contributed by atoms with Gasteiger partial charge >= 0.3 is 0 Å². The number of rotatable bonds is 7. The highest BCUT2D eigenvalue weighted by molar-refractivity contribution is 6.31. The second-order valence-electron chi connectivity index (χ2n) is 6.44. The van der Waals surface area contributed by atoms with Crippen molar-refractivity contribution in [1.29, 1.82) is 0 Å². The number of amides is 2. The fourth-order valence-corrected chi connectivity index (χ4v) is 1.98. The number of benzene rings is 1. The molecule has 0 heterocycles. The van der Waals surface area contributed by atoms with Crippen LogP contribution in [0.15, 0.2) is 18.2 Å². The molecule has 1 aromatic carbocycles. The minimum absolute atomic E-state index is 0.00661. The van der Waals surface area contributed by atoms with Gasteiger partial charge in [0.2, 0.25) is 11.8 Å². The van der Waals surface area contributed by atoms with E-state index in [1.807, 2.05) is 33.8 Å². The van der Waals surface area contributed by atoms with Gasteiger partial charge in [-0.1, -0.05) is 11.6 Å². The lowest BCUT2D eigenvalue weighted by Crippen LogP contribution is -2.45. The van der Waals surface area contributed by atoms with Crippen molar-refractivity contribution in [3.8, 4) is 5.75 Å². The van der Waals surface area contributed by atoms with Gasteiger partial charge in [-0.15, -0.1) is 0 Å². The summed E-state index contributed by atoms with van der Waals surface area (Å²) in [6.07, 6.45) is 0.893. The summed E-state index contributed by atoms with van der Waals surface area (Å²) in [5.74, 6) is 0.376. The predicted octanol–water partition coefficient (Wildman–Crippen LogP) is 2.84. The highest BCUT2D eigenvalue weighted by Gasteiger charge is 2.14. The topological polar surface area (TPSA) is 67.4 Å². The van der Waals surface area contributed by atoms with Crippen LogP contribution < -0.4 is 15.4 Å². The Morgan fingerprint density at radius 2 is 1.91 bits per heavy atom. The monoisotopic (exact) mass is 340 g/mol. The van der Waals surface area contributed by atoms with Crippen molar-refractivity contribution in [2.75, 3.05) is 13.2 Å². The maximum atomic E-state index is 11.7. The van der Waals surface area contributed by atoms with Crippen molar-refractivity contribution in [2.24, 2.45) is 0 Å². The Morgan fingerprint density at radius 1 is 1.22 bits per heavy atom. The first-order valence-corrected chi connectivity index (χ1v) is 8.02. The molecule has 23 heavy (non-hydrogen) atoms. The third-order valence-corrected chi connectivity index (χ3v) is 3.33. The largest absolute Gasteiger partial charge is 0.494 e. The molecule has 0 bridgehead atoms. The number of ether oxygens (including phenoxy) is 1. The average Bonchev–Trinajstić information content (AvgIpc) is 2.43. The van der Waals surface area contributed by atoms with Gasteiger partial charge in [-0.25, -0.2) is 0 Å².